The number of carbonyl (C=O) groups excluding carboxylic acids is 3. The summed E-state index contributed by atoms with van der Waals surface area (Å²) < 4.78 is 0. The van der Waals surface area contributed by atoms with E-state index in [0.29, 0.717) is 22.1 Å². The summed E-state index contributed by atoms with van der Waals surface area (Å²) in [5, 5.41) is 10.8. The molecule has 4 nitrogen and oxygen atoms in total. The molecule has 0 bridgehead atoms. The lowest BCUT2D eigenvalue weighted by atomic mass is 9.85. The number of aldehydes is 2. The molecule has 0 heterocycles. The molecule has 0 atom stereocenters. The van der Waals surface area contributed by atoms with E-state index in [1.54, 1.807) is 6.07 Å². The third kappa shape index (κ3) is 2.80. The van der Waals surface area contributed by atoms with Crippen LogP contribution in [-0.2, 0) is 0 Å². The van der Waals surface area contributed by atoms with E-state index < -0.39 is 0 Å². The van der Waals surface area contributed by atoms with Crippen LogP contribution in [0.25, 0.3) is 43.1 Å². The first-order valence-corrected chi connectivity index (χ1v) is 11.5. The zero-order valence-corrected chi connectivity index (χ0v) is 18.4. The zero-order chi connectivity index (χ0) is 22.7. The summed E-state index contributed by atoms with van der Waals surface area (Å²) in [7, 11) is 0. The number of amides is 1. The van der Waals surface area contributed by atoms with Crippen LogP contribution in [0.4, 0.5) is 0 Å². The minimum absolute atomic E-state index is 0.121. The number of fused-ring (bicyclic) bond motifs is 2. The average molecular weight is 434 g/mol. The van der Waals surface area contributed by atoms with Crippen LogP contribution < -0.4 is 5.32 Å². The highest BCUT2D eigenvalue weighted by molar-refractivity contribution is 6.36. The second kappa shape index (κ2) is 7.38. The van der Waals surface area contributed by atoms with Gasteiger partial charge in [-0.25, -0.2) is 0 Å². The number of hydrogen-bond acceptors (Lipinski definition) is 3. The molecule has 0 saturated heterocycles. The highest BCUT2D eigenvalue weighted by Crippen LogP contribution is 2.43. The maximum atomic E-state index is 13.3. The largest absolute Gasteiger partial charge is 0.349 e. The number of carbonyl (C=O) groups is 3. The smallest absolute Gasteiger partial charge is 0.252 e. The van der Waals surface area contributed by atoms with Crippen molar-refractivity contribution < 1.29 is 14.4 Å². The van der Waals surface area contributed by atoms with E-state index in [1.165, 1.54) is 0 Å². The minimum Gasteiger partial charge on any atom is -0.349 e. The fourth-order valence-corrected chi connectivity index (χ4v) is 5.84. The van der Waals surface area contributed by atoms with Gasteiger partial charge in [-0.3, -0.25) is 14.4 Å². The standard InChI is InChI=1S/C29H23NO3/c1-16-6-9-20-23-12-13-24(29(33)30-19-4-2-3-5-19)26-18(15-32)8-11-22(28(23)26)21-10-7-17(14-31)25(16)27(20)21/h6-15,19H,2-5H2,1H3,(H,30,33). The molecule has 1 aliphatic carbocycles. The van der Waals surface area contributed by atoms with Gasteiger partial charge in [-0.15, -0.1) is 0 Å². The summed E-state index contributed by atoms with van der Waals surface area (Å²) in [5.41, 5.74) is 2.78. The molecular formula is C29H23NO3. The quantitative estimate of drug-likeness (QED) is 0.204. The maximum absolute atomic E-state index is 13.3. The molecule has 0 aliphatic heterocycles. The van der Waals surface area contributed by atoms with E-state index in [2.05, 4.69) is 11.4 Å². The molecule has 0 aromatic heterocycles. The summed E-state index contributed by atoms with van der Waals surface area (Å²) in [6, 6.07) is 15.8. The topological polar surface area (TPSA) is 63.2 Å². The molecule has 6 rings (SSSR count). The monoisotopic (exact) mass is 433 g/mol. The summed E-state index contributed by atoms with van der Waals surface area (Å²) in [4.78, 5) is 37.2. The fraction of sp³-hybridized carbons (Fsp3) is 0.207. The van der Waals surface area contributed by atoms with Crippen molar-refractivity contribution in [3.63, 3.8) is 0 Å². The van der Waals surface area contributed by atoms with Gasteiger partial charge in [-0.2, -0.15) is 0 Å². The lowest BCUT2D eigenvalue weighted by molar-refractivity contribution is 0.0939. The van der Waals surface area contributed by atoms with Gasteiger partial charge in [0.1, 0.15) is 0 Å². The Hall–Kier alpha value is -3.79. The van der Waals surface area contributed by atoms with Gasteiger partial charge in [0.2, 0.25) is 0 Å². The molecule has 1 fully saturated rings. The molecule has 1 saturated carbocycles. The van der Waals surface area contributed by atoms with Crippen molar-refractivity contribution in [3.8, 4) is 0 Å². The number of nitrogens with one attached hydrogen (secondary N) is 1. The second-order valence-electron chi connectivity index (χ2n) is 9.19. The molecule has 162 valence electrons. The molecule has 1 N–H and O–H groups in total. The Morgan fingerprint density at radius 2 is 1.24 bits per heavy atom. The zero-order valence-electron chi connectivity index (χ0n) is 18.4. The number of rotatable bonds is 4. The Morgan fingerprint density at radius 1 is 0.727 bits per heavy atom. The lowest BCUT2D eigenvalue weighted by Gasteiger charge is -2.19. The molecule has 4 heteroatoms. The van der Waals surface area contributed by atoms with E-state index in [4.69, 9.17) is 0 Å². The van der Waals surface area contributed by atoms with E-state index in [0.717, 1.165) is 81.5 Å². The molecule has 0 radical (unpaired) electrons. The van der Waals surface area contributed by atoms with Gasteiger partial charge in [0.25, 0.3) is 5.91 Å². The number of benzene rings is 5. The highest BCUT2D eigenvalue weighted by atomic mass is 16.1. The normalized spacial score (nSPS) is 14.6. The van der Waals surface area contributed by atoms with Gasteiger partial charge in [0.15, 0.2) is 12.6 Å². The third-order valence-electron chi connectivity index (χ3n) is 7.36. The number of aryl methyl sites for hydroxylation is 1. The molecular weight excluding hydrogens is 410 g/mol. The minimum atomic E-state index is -0.121. The van der Waals surface area contributed by atoms with Crippen molar-refractivity contribution in [1.29, 1.82) is 0 Å². The van der Waals surface area contributed by atoms with E-state index >= 15 is 0 Å². The van der Waals surface area contributed by atoms with E-state index in [1.807, 2.05) is 43.3 Å². The fourth-order valence-electron chi connectivity index (χ4n) is 5.84. The SMILES string of the molecule is Cc1ccc2c3ccc(C(=O)NC4CCCC4)c4c(C=O)ccc(c5ccc(C=O)c1c52)c43. The Labute approximate surface area is 190 Å². The first-order valence-electron chi connectivity index (χ1n) is 11.5. The molecule has 0 spiro atoms. The van der Waals surface area contributed by atoms with Crippen molar-refractivity contribution >= 4 is 61.6 Å². The highest BCUT2D eigenvalue weighted by Gasteiger charge is 2.23. The Balaban J connectivity index is 1.75. The Bertz CT molecular complexity index is 1590. The van der Waals surface area contributed by atoms with Crippen molar-refractivity contribution in [2.45, 2.75) is 38.6 Å². The van der Waals surface area contributed by atoms with Crippen molar-refractivity contribution in [2.24, 2.45) is 0 Å². The van der Waals surface area contributed by atoms with Gasteiger partial charge in [-0.1, -0.05) is 55.3 Å². The summed E-state index contributed by atoms with van der Waals surface area (Å²) >= 11 is 0. The van der Waals surface area contributed by atoms with Gasteiger partial charge in [-0.05, 0) is 69.1 Å². The van der Waals surface area contributed by atoms with Crippen molar-refractivity contribution in [3.05, 3.63) is 70.8 Å². The lowest BCUT2D eigenvalue weighted by Crippen LogP contribution is -2.32. The first-order chi connectivity index (χ1) is 16.1. The van der Waals surface area contributed by atoms with Crippen LogP contribution in [0.15, 0.2) is 48.5 Å². The van der Waals surface area contributed by atoms with Crippen LogP contribution in [0.1, 0.15) is 62.3 Å². The van der Waals surface area contributed by atoms with Crippen LogP contribution >= 0.6 is 0 Å². The maximum Gasteiger partial charge on any atom is 0.252 e. The van der Waals surface area contributed by atoms with Crippen LogP contribution in [-0.4, -0.2) is 24.5 Å². The van der Waals surface area contributed by atoms with E-state index in [-0.39, 0.29) is 11.9 Å². The summed E-state index contributed by atoms with van der Waals surface area (Å²) in [6.07, 6.45) is 6.02. The van der Waals surface area contributed by atoms with Crippen LogP contribution in [0.2, 0.25) is 0 Å². The Morgan fingerprint density at radius 3 is 1.85 bits per heavy atom. The molecule has 0 unspecified atom stereocenters. The van der Waals surface area contributed by atoms with Crippen LogP contribution in [0.5, 0.6) is 0 Å². The van der Waals surface area contributed by atoms with Crippen molar-refractivity contribution in [1.82, 2.24) is 5.32 Å². The second-order valence-corrected chi connectivity index (χ2v) is 9.19. The molecule has 1 aliphatic rings. The molecule has 5 aromatic rings. The van der Waals surface area contributed by atoms with Crippen LogP contribution in [0, 0.1) is 6.92 Å². The average Bonchev–Trinajstić information content (AvgIpc) is 3.35. The molecule has 33 heavy (non-hydrogen) atoms. The first kappa shape index (κ1) is 19.9. The third-order valence-corrected chi connectivity index (χ3v) is 7.36. The molecule has 1 amide bonds. The van der Waals surface area contributed by atoms with E-state index in [9.17, 15) is 14.4 Å². The molecule has 5 aromatic carbocycles. The van der Waals surface area contributed by atoms with Crippen LogP contribution in [0.3, 0.4) is 0 Å². The summed E-state index contributed by atoms with van der Waals surface area (Å²) in [5.74, 6) is -0.121. The van der Waals surface area contributed by atoms with Crippen molar-refractivity contribution in [2.75, 3.05) is 0 Å². The predicted octanol–water partition coefficient (Wildman–Crippen LogP) is 6.34. The number of hydrogen-bond donors (Lipinski definition) is 1. The predicted molar refractivity (Wildman–Crippen MR) is 133 cm³/mol. The Kier molecular flexibility index (Phi) is 4.44. The van der Waals surface area contributed by atoms with Gasteiger partial charge in [0, 0.05) is 28.1 Å². The van der Waals surface area contributed by atoms with Gasteiger partial charge < -0.3 is 5.32 Å². The van der Waals surface area contributed by atoms with Gasteiger partial charge >= 0.3 is 0 Å². The summed E-state index contributed by atoms with van der Waals surface area (Å²) in [6.45, 7) is 2.02. The van der Waals surface area contributed by atoms with Gasteiger partial charge in [0.05, 0.1) is 0 Å².